The van der Waals surface area contributed by atoms with Gasteiger partial charge in [-0.3, -0.25) is 0 Å². The highest BCUT2D eigenvalue weighted by atomic mass is 13.9. The summed E-state index contributed by atoms with van der Waals surface area (Å²) in [5, 5.41) is 0. The van der Waals surface area contributed by atoms with Crippen molar-refractivity contribution in [2.75, 3.05) is 0 Å². The van der Waals surface area contributed by atoms with Crippen LogP contribution in [-0.2, 0) is 0 Å². The molecule has 0 fully saturated rings. The third kappa shape index (κ3) is 0.890. The van der Waals surface area contributed by atoms with E-state index in [1.807, 2.05) is 0 Å². The van der Waals surface area contributed by atoms with Gasteiger partial charge in [0.1, 0.15) is 0 Å². The highest BCUT2D eigenvalue weighted by molar-refractivity contribution is 5.23. The van der Waals surface area contributed by atoms with Gasteiger partial charge >= 0.3 is 0 Å². The molecule has 0 saturated carbocycles. The molecule has 0 aromatic heterocycles. The molecule has 0 saturated heterocycles. The second kappa shape index (κ2) is 1.99. The van der Waals surface area contributed by atoms with Crippen LogP contribution in [0.4, 0.5) is 0 Å². The molecule has 1 rings (SSSR count). The van der Waals surface area contributed by atoms with Crippen molar-refractivity contribution in [2.24, 2.45) is 0 Å². The van der Waals surface area contributed by atoms with E-state index in [0.29, 0.717) is 0 Å². The summed E-state index contributed by atoms with van der Waals surface area (Å²) >= 11 is 0. The first-order valence-corrected chi connectivity index (χ1v) is 2.33. The van der Waals surface area contributed by atoms with Gasteiger partial charge in [0.2, 0.25) is 0 Å². The lowest BCUT2D eigenvalue weighted by Gasteiger charge is -1.93. The standard InChI is InChI=1S/C8H10/c1-7-5-3-4-6-8(7)2/h3-6H,1-2H3/i1D3,2D3. The van der Waals surface area contributed by atoms with Crippen molar-refractivity contribution in [1.82, 2.24) is 0 Å². The van der Waals surface area contributed by atoms with E-state index in [-0.39, 0.29) is 11.1 Å². The maximum Gasteiger partial charge on any atom is 0.0280 e. The molecule has 0 aliphatic heterocycles. The van der Waals surface area contributed by atoms with Crippen LogP contribution in [0.2, 0.25) is 0 Å². The lowest BCUT2D eigenvalue weighted by Crippen LogP contribution is -1.74. The Labute approximate surface area is 58.6 Å². The van der Waals surface area contributed by atoms with Crippen molar-refractivity contribution in [3.63, 3.8) is 0 Å². The van der Waals surface area contributed by atoms with Gasteiger partial charge in [0.15, 0.2) is 0 Å². The zero-order valence-corrected chi connectivity index (χ0v) is 4.31. The molecule has 1 aromatic rings. The third-order valence-corrected chi connectivity index (χ3v) is 0.927. The molecule has 0 N–H and O–H groups in total. The van der Waals surface area contributed by atoms with E-state index in [2.05, 4.69) is 0 Å². The highest BCUT2D eigenvalue weighted by Gasteiger charge is 1.83. The molecule has 0 spiro atoms. The van der Waals surface area contributed by atoms with Gasteiger partial charge in [-0.1, -0.05) is 24.3 Å². The van der Waals surface area contributed by atoms with Crippen LogP contribution in [0.15, 0.2) is 24.3 Å². The molecule has 42 valence electrons. The Hall–Kier alpha value is -0.780. The SMILES string of the molecule is [2H]C([2H])([2H])c1ccccc1C([2H])([2H])[2H]. The van der Waals surface area contributed by atoms with Crippen molar-refractivity contribution in [2.45, 2.75) is 13.7 Å². The summed E-state index contributed by atoms with van der Waals surface area (Å²) in [5.74, 6) is 0. The minimum absolute atomic E-state index is 0.0972. The van der Waals surface area contributed by atoms with Crippen molar-refractivity contribution in [3.05, 3.63) is 35.4 Å². The lowest BCUT2D eigenvalue weighted by atomic mass is 10.1. The largest absolute Gasteiger partial charge is 0.0620 e. The first kappa shape index (κ1) is 1.60. The number of benzene rings is 1. The minimum atomic E-state index is -2.37. The van der Waals surface area contributed by atoms with Crippen LogP contribution in [0.25, 0.3) is 0 Å². The topological polar surface area (TPSA) is 0 Å². The van der Waals surface area contributed by atoms with Crippen LogP contribution in [0.5, 0.6) is 0 Å². The van der Waals surface area contributed by atoms with Gasteiger partial charge in [-0.15, -0.1) is 0 Å². The second-order valence-electron chi connectivity index (χ2n) is 1.55. The van der Waals surface area contributed by atoms with E-state index in [1.54, 1.807) is 0 Å². The fourth-order valence-corrected chi connectivity index (χ4v) is 0.483. The van der Waals surface area contributed by atoms with Crippen molar-refractivity contribution in [1.29, 1.82) is 0 Å². The lowest BCUT2D eigenvalue weighted by molar-refractivity contribution is 1.34. The zero-order chi connectivity index (χ0) is 11.0. The van der Waals surface area contributed by atoms with Crippen molar-refractivity contribution in [3.8, 4) is 0 Å². The number of rotatable bonds is 0. The van der Waals surface area contributed by atoms with E-state index >= 15 is 0 Å². The van der Waals surface area contributed by atoms with Crippen LogP contribution in [0.1, 0.15) is 19.4 Å². The molecule has 0 radical (unpaired) electrons. The molecule has 0 aliphatic rings. The maximum atomic E-state index is 7.18. The summed E-state index contributed by atoms with van der Waals surface area (Å²) in [7, 11) is 0. The van der Waals surface area contributed by atoms with Crippen molar-refractivity contribution < 1.29 is 8.22 Å². The molecule has 1 aromatic carbocycles. The monoisotopic (exact) mass is 112 g/mol. The maximum absolute atomic E-state index is 7.18. The Bertz CT molecular complexity index is 288. The molecule has 0 atom stereocenters. The quantitative estimate of drug-likeness (QED) is 0.483. The van der Waals surface area contributed by atoms with Crippen LogP contribution in [-0.4, -0.2) is 0 Å². The summed E-state index contributed by atoms with van der Waals surface area (Å²) in [4.78, 5) is 0. The molecule has 8 heavy (non-hydrogen) atoms. The smallest absolute Gasteiger partial charge is 0.0280 e. The summed E-state index contributed by atoms with van der Waals surface area (Å²) in [6, 6.07) is 5.71. The average molecular weight is 112 g/mol. The molecule has 0 heteroatoms. The van der Waals surface area contributed by atoms with Gasteiger partial charge in [0.25, 0.3) is 0 Å². The summed E-state index contributed by atoms with van der Waals surface area (Å²) in [5.41, 5.74) is -0.194. The van der Waals surface area contributed by atoms with Gasteiger partial charge in [0.05, 0.1) is 0 Å². The molecular formula is C8H10. The van der Waals surface area contributed by atoms with Crippen molar-refractivity contribution >= 4 is 0 Å². The fourth-order valence-electron chi connectivity index (χ4n) is 0.483. The second-order valence-corrected chi connectivity index (χ2v) is 1.55. The number of hydrogen-bond donors (Lipinski definition) is 0. The Morgan fingerprint density at radius 1 is 1.12 bits per heavy atom. The summed E-state index contributed by atoms with van der Waals surface area (Å²) < 4.78 is 43.1. The van der Waals surface area contributed by atoms with Gasteiger partial charge < -0.3 is 0 Å². The summed E-state index contributed by atoms with van der Waals surface area (Å²) in [6.45, 7) is -4.74. The zero-order valence-electron chi connectivity index (χ0n) is 10.3. The number of aryl methyl sites for hydroxylation is 2. The first-order chi connectivity index (χ1) is 6.23. The Morgan fingerprint density at radius 2 is 1.62 bits per heavy atom. The molecule has 0 aliphatic carbocycles. The molecular weight excluding hydrogens is 96.1 g/mol. The van der Waals surface area contributed by atoms with E-state index in [9.17, 15) is 0 Å². The van der Waals surface area contributed by atoms with Gasteiger partial charge in [-0.2, -0.15) is 0 Å². The molecule has 0 nitrogen and oxygen atoms in total. The minimum Gasteiger partial charge on any atom is -0.0620 e. The Kier molecular flexibility index (Phi) is 0.398. The van der Waals surface area contributed by atoms with Crippen LogP contribution >= 0.6 is 0 Å². The predicted octanol–water partition coefficient (Wildman–Crippen LogP) is 2.30. The third-order valence-electron chi connectivity index (χ3n) is 0.927. The molecule has 0 amide bonds. The van der Waals surface area contributed by atoms with Gasteiger partial charge in [0, 0.05) is 8.22 Å². The highest BCUT2D eigenvalue weighted by Crippen LogP contribution is 2.02. The Morgan fingerprint density at radius 3 is 2.00 bits per heavy atom. The normalized spacial score (nSPS) is 23.5. The van der Waals surface area contributed by atoms with E-state index in [4.69, 9.17) is 8.22 Å². The van der Waals surface area contributed by atoms with E-state index in [1.165, 1.54) is 24.3 Å². The van der Waals surface area contributed by atoms with Crippen LogP contribution < -0.4 is 0 Å². The predicted molar refractivity (Wildman–Crippen MR) is 35.9 cm³/mol. The summed E-state index contributed by atoms with van der Waals surface area (Å²) in [6.07, 6.45) is 0. The molecule has 0 bridgehead atoms. The molecule has 0 heterocycles. The first-order valence-electron chi connectivity index (χ1n) is 5.33. The van der Waals surface area contributed by atoms with E-state index in [0.717, 1.165) is 0 Å². The van der Waals surface area contributed by atoms with Gasteiger partial charge in [-0.25, -0.2) is 0 Å². The average Bonchev–Trinajstić information content (AvgIpc) is 2.01. The number of hydrogen-bond acceptors (Lipinski definition) is 0. The van der Waals surface area contributed by atoms with Gasteiger partial charge in [-0.05, 0) is 24.8 Å². The van der Waals surface area contributed by atoms with Crippen LogP contribution in [0.3, 0.4) is 0 Å². The molecule has 0 unspecified atom stereocenters. The fraction of sp³-hybridized carbons (Fsp3) is 0.250. The van der Waals surface area contributed by atoms with E-state index < -0.39 is 13.7 Å². The van der Waals surface area contributed by atoms with Crippen LogP contribution in [0, 0.1) is 13.7 Å². The Balaban J connectivity index is 3.31.